The summed E-state index contributed by atoms with van der Waals surface area (Å²) in [6.45, 7) is 1.08. The van der Waals surface area contributed by atoms with Crippen molar-refractivity contribution >= 4 is 22.9 Å². The first-order valence-corrected chi connectivity index (χ1v) is 12.1. The lowest BCUT2D eigenvalue weighted by Crippen LogP contribution is -2.47. The van der Waals surface area contributed by atoms with Crippen molar-refractivity contribution in [1.82, 2.24) is 15.3 Å². The summed E-state index contributed by atoms with van der Waals surface area (Å²) in [5.41, 5.74) is 8.07. The van der Waals surface area contributed by atoms with E-state index in [4.69, 9.17) is 0 Å². The third-order valence-corrected chi connectivity index (χ3v) is 6.73. The van der Waals surface area contributed by atoms with E-state index in [0.717, 1.165) is 33.6 Å². The number of rotatable bonds is 7. The quantitative estimate of drug-likeness (QED) is 0.438. The number of anilines is 1. The van der Waals surface area contributed by atoms with Gasteiger partial charge in [-0.15, -0.1) is 11.3 Å². The van der Waals surface area contributed by atoms with Crippen molar-refractivity contribution in [2.75, 3.05) is 11.4 Å². The molecule has 0 bridgehead atoms. The second kappa shape index (κ2) is 9.96. The Balaban J connectivity index is 1.47. The Bertz CT molecular complexity index is 1320. The maximum Gasteiger partial charge on any atom is 0.244 e. The molecule has 6 nitrogen and oxygen atoms in total. The highest BCUT2D eigenvalue weighted by Crippen LogP contribution is 2.36. The molecule has 1 aliphatic rings. The highest BCUT2D eigenvalue weighted by atomic mass is 32.1. The van der Waals surface area contributed by atoms with Gasteiger partial charge in [-0.25, -0.2) is 4.98 Å². The van der Waals surface area contributed by atoms with Crippen LogP contribution in [0.2, 0.25) is 0 Å². The Morgan fingerprint density at radius 2 is 1.97 bits per heavy atom. The van der Waals surface area contributed by atoms with E-state index in [1.54, 1.807) is 29.2 Å². The predicted octanol–water partition coefficient (Wildman–Crippen LogP) is 4.37. The van der Waals surface area contributed by atoms with Crippen molar-refractivity contribution in [2.45, 2.75) is 25.4 Å². The molecule has 0 unspecified atom stereocenters. The van der Waals surface area contributed by atoms with Crippen LogP contribution in [-0.2, 0) is 24.2 Å². The van der Waals surface area contributed by atoms with Gasteiger partial charge in [0.15, 0.2) is 0 Å². The highest BCUT2D eigenvalue weighted by Gasteiger charge is 2.32. The third kappa shape index (κ3) is 4.60. The number of thiazole rings is 1. The van der Waals surface area contributed by atoms with Crippen molar-refractivity contribution < 1.29 is 4.79 Å². The first kappa shape index (κ1) is 22.0. The molecule has 0 saturated heterocycles. The van der Waals surface area contributed by atoms with E-state index in [2.05, 4.69) is 21.4 Å². The maximum atomic E-state index is 13.9. The Morgan fingerprint density at radius 3 is 2.71 bits per heavy atom. The number of pyridine rings is 1. The van der Waals surface area contributed by atoms with Gasteiger partial charge in [0.25, 0.3) is 0 Å². The molecule has 1 amide bonds. The fourth-order valence-corrected chi connectivity index (χ4v) is 4.94. The molecule has 0 fully saturated rings. The molecule has 7 heteroatoms. The molecule has 0 spiro atoms. The maximum absolute atomic E-state index is 13.9. The molecule has 168 valence electrons. The monoisotopic (exact) mass is 465 g/mol. The van der Waals surface area contributed by atoms with Gasteiger partial charge < -0.3 is 4.90 Å². The molecule has 2 aromatic heterocycles. The zero-order valence-corrected chi connectivity index (χ0v) is 19.3. The largest absolute Gasteiger partial charge is 0.310 e. The molecule has 1 N–H and O–H groups in total. The first-order valence-electron chi connectivity index (χ1n) is 11.2. The number of hydrogen-bond acceptors (Lipinski definition) is 6. The molecule has 3 heterocycles. The van der Waals surface area contributed by atoms with Crippen molar-refractivity contribution in [3.8, 4) is 17.2 Å². The number of nitrogens with zero attached hydrogens (tertiary/aromatic N) is 4. The molecular weight excluding hydrogens is 442 g/mol. The highest BCUT2D eigenvalue weighted by molar-refractivity contribution is 7.07. The number of amides is 1. The average molecular weight is 466 g/mol. The molecule has 2 aromatic carbocycles. The lowest BCUT2D eigenvalue weighted by Gasteiger charge is -2.25. The topological polar surface area (TPSA) is 81.9 Å². The van der Waals surface area contributed by atoms with Gasteiger partial charge in [-0.05, 0) is 59.4 Å². The van der Waals surface area contributed by atoms with Gasteiger partial charge in [-0.1, -0.05) is 30.3 Å². The number of nitriles is 1. The fraction of sp³-hybridized carbons (Fsp3) is 0.185. The van der Waals surface area contributed by atoms with Gasteiger partial charge >= 0.3 is 0 Å². The minimum absolute atomic E-state index is 0.00796. The number of carbonyl (C=O) groups is 1. The molecule has 1 atom stereocenters. The van der Waals surface area contributed by atoms with Crippen LogP contribution in [0.3, 0.4) is 0 Å². The summed E-state index contributed by atoms with van der Waals surface area (Å²) in [5.74, 6) is 0.00796. The Hall–Kier alpha value is -3.86. The van der Waals surface area contributed by atoms with Crippen LogP contribution in [-0.4, -0.2) is 28.5 Å². The molecule has 34 heavy (non-hydrogen) atoms. The van der Waals surface area contributed by atoms with Crippen LogP contribution in [0.4, 0.5) is 5.69 Å². The number of carbonyl (C=O) groups excluding carboxylic acids is 1. The average Bonchev–Trinajstić information content (AvgIpc) is 3.57. The van der Waals surface area contributed by atoms with Crippen molar-refractivity contribution in [1.29, 1.82) is 5.26 Å². The van der Waals surface area contributed by atoms with Crippen molar-refractivity contribution in [3.63, 3.8) is 0 Å². The molecule has 1 aliphatic heterocycles. The number of benzene rings is 2. The van der Waals surface area contributed by atoms with Gasteiger partial charge in [0.1, 0.15) is 0 Å². The third-order valence-electron chi connectivity index (χ3n) is 6.10. The molecule has 0 radical (unpaired) electrons. The van der Waals surface area contributed by atoms with Crippen LogP contribution in [0.25, 0.3) is 11.1 Å². The zero-order valence-electron chi connectivity index (χ0n) is 18.5. The zero-order chi connectivity index (χ0) is 23.3. The van der Waals surface area contributed by atoms with Crippen molar-refractivity contribution in [3.05, 3.63) is 100 Å². The number of fused-ring (bicyclic) bond motifs is 1. The van der Waals surface area contributed by atoms with Crippen LogP contribution in [0.1, 0.15) is 22.4 Å². The fourth-order valence-electron chi connectivity index (χ4n) is 4.38. The van der Waals surface area contributed by atoms with E-state index in [-0.39, 0.29) is 5.91 Å². The summed E-state index contributed by atoms with van der Waals surface area (Å²) in [6.07, 6.45) is 4.71. The van der Waals surface area contributed by atoms with E-state index in [1.807, 2.05) is 64.9 Å². The summed E-state index contributed by atoms with van der Waals surface area (Å²) in [6, 6.07) is 19.7. The SMILES string of the molecule is N#Cc1cc(-c2ccncc2)cc2c1CCN2C(=O)[C@H](Cc1ccccc1)NCc1cscn1. The van der Waals surface area contributed by atoms with E-state index in [9.17, 15) is 10.1 Å². The molecule has 0 aliphatic carbocycles. The summed E-state index contributed by atoms with van der Waals surface area (Å²) in [7, 11) is 0. The lowest BCUT2D eigenvalue weighted by molar-refractivity contribution is -0.120. The lowest BCUT2D eigenvalue weighted by atomic mass is 9.98. The second-order valence-corrected chi connectivity index (χ2v) is 8.93. The number of hydrogen-bond donors (Lipinski definition) is 1. The normalized spacial score (nSPS) is 13.3. The van der Waals surface area contributed by atoms with E-state index in [0.29, 0.717) is 31.5 Å². The van der Waals surface area contributed by atoms with Gasteiger partial charge in [0.05, 0.1) is 28.9 Å². The summed E-state index contributed by atoms with van der Waals surface area (Å²) in [4.78, 5) is 24.1. The van der Waals surface area contributed by atoms with E-state index in [1.165, 1.54) is 0 Å². The van der Waals surface area contributed by atoms with Gasteiger partial charge in [0.2, 0.25) is 5.91 Å². The Labute approximate surface area is 202 Å². The Kier molecular flexibility index (Phi) is 6.43. The van der Waals surface area contributed by atoms with Crippen LogP contribution < -0.4 is 10.2 Å². The van der Waals surface area contributed by atoms with E-state index < -0.39 is 6.04 Å². The minimum Gasteiger partial charge on any atom is -0.310 e. The van der Waals surface area contributed by atoms with Crippen LogP contribution in [0.5, 0.6) is 0 Å². The predicted molar refractivity (Wildman–Crippen MR) is 133 cm³/mol. The molecule has 4 aromatic rings. The molecule has 5 rings (SSSR count). The van der Waals surface area contributed by atoms with Crippen LogP contribution in [0.15, 0.2) is 77.9 Å². The Morgan fingerprint density at radius 1 is 1.15 bits per heavy atom. The summed E-state index contributed by atoms with van der Waals surface area (Å²) < 4.78 is 0. The first-order chi connectivity index (χ1) is 16.7. The van der Waals surface area contributed by atoms with Crippen molar-refractivity contribution in [2.24, 2.45) is 0 Å². The number of aromatic nitrogens is 2. The summed E-state index contributed by atoms with van der Waals surface area (Å²) in [5, 5.41) is 15.2. The summed E-state index contributed by atoms with van der Waals surface area (Å²) >= 11 is 1.54. The van der Waals surface area contributed by atoms with Gasteiger partial charge in [0, 0.05) is 36.6 Å². The molecular formula is C27H23N5OS. The van der Waals surface area contributed by atoms with Crippen LogP contribution >= 0.6 is 11.3 Å². The van der Waals surface area contributed by atoms with Gasteiger partial charge in [-0.3, -0.25) is 15.1 Å². The molecule has 0 saturated carbocycles. The minimum atomic E-state index is -0.412. The van der Waals surface area contributed by atoms with E-state index >= 15 is 0 Å². The standard InChI is InChI=1S/C27H23N5OS/c28-15-22-13-21(20-6-9-29-10-7-20)14-26-24(22)8-11-32(26)27(33)25(12-19-4-2-1-3-5-19)30-16-23-17-34-18-31-23/h1-7,9-10,13-14,17-18,25,30H,8,11-12,16H2/t25-/m0/s1. The number of nitrogens with one attached hydrogen (secondary N) is 1. The smallest absolute Gasteiger partial charge is 0.244 e. The van der Waals surface area contributed by atoms with Crippen LogP contribution in [0, 0.1) is 11.3 Å². The second-order valence-electron chi connectivity index (χ2n) is 8.21. The van der Waals surface area contributed by atoms with Gasteiger partial charge in [-0.2, -0.15) is 5.26 Å².